The van der Waals surface area contributed by atoms with Crippen molar-refractivity contribution < 1.29 is 13.5 Å². The lowest BCUT2D eigenvalue weighted by Gasteiger charge is -2.29. The van der Waals surface area contributed by atoms with Gasteiger partial charge in [-0.25, -0.2) is 8.42 Å². The van der Waals surface area contributed by atoms with Gasteiger partial charge in [-0.2, -0.15) is 0 Å². The number of allylic oxidation sites excluding steroid dienone is 1. The van der Waals surface area contributed by atoms with Gasteiger partial charge in [-0.1, -0.05) is 6.08 Å². The van der Waals surface area contributed by atoms with E-state index in [1.165, 1.54) is 6.26 Å². The molecular weight excluding hydrogens is 200 g/mol. The molecule has 1 aliphatic rings. The van der Waals surface area contributed by atoms with E-state index < -0.39 is 20.7 Å². The normalized spacial score (nSPS) is 20.7. The number of aliphatic hydroxyl groups excluding tert-OH is 1. The van der Waals surface area contributed by atoms with E-state index in [1.54, 1.807) is 13.8 Å². The summed E-state index contributed by atoms with van der Waals surface area (Å²) in [5.74, 6) is 0. The van der Waals surface area contributed by atoms with Crippen LogP contribution in [0.4, 0.5) is 0 Å². The minimum absolute atomic E-state index is 0.820. The van der Waals surface area contributed by atoms with Crippen molar-refractivity contribution in [3.8, 4) is 0 Å². The molecule has 0 aliphatic heterocycles. The van der Waals surface area contributed by atoms with Gasteiger partial charge in [0, 0.05) is 6.26 Å². The number of rotatable bonds is 3. The predicted molar refractivity (Wildman–Crippen MR) is 56.9 cm³/mol. The largest absolute Gasteiger partial charge is 0.387 e. The van der Waals surface area contributed by atoms with Gasteiger partial charge in [-0.05, 0) is 38.7 Å². The molecule has 14 heavy (non-hydrogen) atoms. The van der Waals surface area contributed by atoms with Crippen LogP contribution < -0.4 is 0 Å². The fraction of sp³-hybridized carbons (Fsp3) is 0.800. The van der Waals surface area contributed by atoms with Crippen LogP contribution in [0.2, 0.25) is 0 Å². The zero-order chi connectivity index (χ0) is 11.0. The first-order valence-electron chi connectivity index (χ1n) is 4.83. The van der Waals surface area contributed by atoms with Crippen molar-refractivity contribution in [1.82, 2.24) is 0 Å². The fourth-order valence-corrected chi connectivity index (χ4v) is 2.15. The predicted octanol–water partition coefficient (Wildman–Crippen LogP) is 1.28. The van der Waals surface area contributed by atoms with Crippen LogP contribution in [-0.2, 0) is 9.84 Å². The maximum Gasteiger partial charge on any atom is 0.155 e. The minimum Gasteiger partial charge on any atom is -0.387 e. The molecule has 1 unspecified atom stereocenters. The van der Waals surface area contributed by atoms with Gasteiger partial charge in [-0.3, -0.25) is 0 Å². The zero-order valence-corrected chi connectivity index (χ0v) is 9.76. The summed E-state index contributed by atoms with van der Waals surface area (Å²) < 4.78 is 21.8. The van der Waals surface area contributed by atoms with E-state index in [9.17, 15) is 13.5 Å². The van der Waals surface area contributed by atoms with Crippen LogP contribution in [0.1, 0.15) is 33.1 Å². The molecule has 4 heteroatoms. The lowest BCUT2D eigenvalue weighted by molar-refractivity contribution is 0.169. The maximum absolute atomic E-state index is 11.5. The number of sulfone groups is 1. The van der Waals surface area contributed by atoms with Crippen LogP contribution in [0.15, 0.2) is 11.6 Å². The van der Waals surface area contributed by atoms with Crippen molar-refractivity contribution in [3.63, 3.8) is 0 Å². The van der Waals surface area contributed by atoms with Crippen LogP contribution in [0.5, 0.6) is 0 Å². The van der Waals surface area contributed by atoms with Gasteiger partial charge >= 0.3 is 0 Å². The highest BCUT2D eigenvalue weighted by Crippen LogP contribution is 2.30. The van der Waals surface area contributed by atoms with E-state index >= 15 is 0 Å². The Morgan fingerprint density at radius 2 is 2.07 bits per heavy atom. The average Bonchev–Trinajstić information content (AvgIpc) is 2.52. The summed E-state index contributed by atoms with van der Waals surface area (Å²) >= 11 is 0. The average molecular weight is 218 g/mol. The van der Waals surface area contributed by atoms with Crippen LogP contribution in [0.3, 0.4) is 0 Å². The summed E-state index contributed by atoms with van der Waals surface area (Å²) in [5, 5.41) is 9.96. The summed E-state index contributed by atoms with van der Waals surface area (Å²) in [6.45, 7) is 3.15. The van der Waals surface area contributed by atoms with E-state index in [0.717, 1.165) is 24.8 Å². The summed E-state index contributed by atoms with van der Waals surface area (Å²) in [7, 11) is -3.23. The molecule has 0 radical (unpaired) electrons. The summed E-state index contributed by atoms with van der Waals surface area (Å²) in [6, 6.07) is 0. The highest BCUT2D eigenvalue weighted by Gasteiger charge is 2.40. The maximum atomic E-state index is 11.5. The van der Waals surface area contributed by atoms with Crippen LogP contribution in [-0.4, -0.2) is 30.6 Å². The molecule has 3 nitrogen and oxygen atoms in total. The van der Waals surface area contributed by atoms with Crippen molar-refractivity contribution >= 4 is 9.84 Å². The minimum atomic E-state index is -3.23. The van der Waals surface area contributed by atoms with Crippen molar-refractivity contribution in [3.05, 3.63) is 11.6 Å². The molecule has 0 saturated carbocycles. The molecule has 0 spiro atoms. The molecular formula is C10H18O3S. The monoisotopic (exact) mass is 218 g/mol. The third-order valence-corrected chi connectivity index (χ3v) is 5.18. The topological polar surface area (TPSA) is 54.4 Å². The Labute approximate surface area is 85.7 Å². The third kappa shape index (κ3) is 2.01. The molecule has 0 aromatic heterocycles. The number of hydrogen-bond acceptors (Lipinski definition) is 3. The second-order valence-electron chi connectivity index (χ2n) is 4.45. The van der Waals surface area contributed by atoms with Gasteiger partial charge in [0.2, 0.25) is 0 Å². The van der Waals surface area contributed by atoms with Crippen molar-refractivity contribution in [1.29, 1.82) is 0 Å². The van der Waals surface area contributed by atoms with Gasteiger partial charge in [0.05, 0.1) is 10.9 Å². The Bertz CT molecular complexity index is 338. The Morgan fingerprint density at radius 3 is 2.43 bits per heavy atom. The molecule has 0 fully saturated rings. The third-order valence-electron chi connectivity index (χ3n) is 3.04. The van der Waals surface area contributed by atoms with Gasteiger partial charge in [-0.15, -0.1) is 0 Å². The van der Waals surface area contributed by atoms with Gasteiger partial charge in [0.1, 0.15) is 0 Å². The van der Waals surface area contributed by atoms with E-state index in [1.807, 2.05) is 6.08 Å². The van der Waals surface area contributed by atoms with Crippen LogP contribution in [0.25, 0.3) is 0 Å². The standard InChI is InChI=1S/C10H18O3S/c1-10(2,14(3,12)13)9(11)8-6-4-5-7-8/h6,9,11H,4-5,7H2,1-3H3. The molecule has 0 bridgehead atoms. The SMILES string of the molecule is CC(C)(C(O)C1=CCCC1)S(C)(=O)=O. The molecule has 1 rings (SSSR count). The molecule has 0 aromatic carbocycles. The zero-order valence-electron chi connectivity index (χ0n) is 8.95. The van der Waals surface area contributed by atoms with Crippen LogP contribution in [0, 0.1) is 0 Å². The first kappa shape index (κ1) is 11.7. The Balaban J connectivity index is 2.93. The van der Waals surface area contributed by atoms with Crippen molar-refractivity contribution in [2.75, 3.05) is 6.26 Å². The Kier molecular flexibility index (Phi) is 3.07. The summed E-state index contributed by atoms with van der Waals surface area (Å²) in [5.41, 5.74) is 0.875. The second-order valence-corrected chi connectivity index (χ2v) is 7.05. The highest BCUT2D eigenvalue weighted by atomic mass is 32.2. The summed E-state index contributed by atoms with van der Waals surface area (Å²) in [4.78, 5) is 0. The molecule has 1 N–H and O–H groups in total. The van der Waals surface area contributed by atoms with Gasteiger partial charge in [0.25, 0.3) is 0 Å². The fourth-order valence-electron chi connectivity index (χ4n) is 1.59. The number of hydrogen-bond donors (Lipinski definition) is 1. The van der Waals surface area contributed by atoms with Gasteiger partial charge < -0.3 is 5.11 Å². The lowest BCUT2D eigenvalue weighted by atomic mass is 9.98. The molecule has 0 saturated heterocycles. The van der Waals surface area contributed by atoms with Crippen molar-refractivity contribution in [2.24, 2.45) is 0 Å². The molecule has 0 amide bonds. The van der Waals surface area contributed by atoms with E-state index in [4.69, 9.17) is 0 Å². The molecule has 82 valence electrons. The quantitative estimate of drug-likeness (QED) is 0.726. The Hall–Kier alpha value is -0.350. The van der Waals surface area contributed by atoms with Crippen molar-refractivity contribution in [2.45, 2.75) is 44.0 Å². The van der Waals surface area contributed by atoms with E-state index in [2.05, 4.69) is 0 Å². The summed E-state index contributed by atoms with van der Waals surface area (Å²) in [6.07, 6.45) is 5.06. The van der Waals surface area contributed by atoms with Gasteiger partial charge in [0.15, 0.2) is 9.84 Å². The first-order chi connectivity index (χ1) is 6.27. The molecule has 0 aromatic rings. The van der Waals surface area contributed by atoms with E-state index in [0.29, 0.717) is 0 Å². The van der Waals surface area contributed by atoms with Crippen LogP contribution >= 0.6 is 0 Å². The molecule has 1 aliphatic carbocycles. The smallest absolute Gasteiger partial charge is 0.155 e. The van der Waals surface area contributed by atoms with E-state index in [-0.39, 0.29) is 0 Å². The highest BCUT2D eigenvalue weighted by molar-refractivity contribution is 7.92. The lowest BCUT2D eigenvalue weighted by Crippen LogP contribution is -2.44. The second kappa shape index (κ2) is 3.66. The molecule has 1 atom stereocenters. The molecule has 0 heterocycles. The Morgan fingerprint density at radius 1 is 1.50 bits per heavy atom. The number of aliphatic hydroxyl groups is 1. The first-order valence-corrected chi connectivity index (χ1v) is 6.72.